The quantitative estimate of drug-likeness (QED) is 0.885. The van der Waals surface area contributed by atoms with E-state index >= 15 is 0 Å². The first-order valence-electron chi connectivity index (χ1n) is 6.15. The highest BCUT2D eigenvalue weighted by Crippen LogP contribution is 2.32. The van der Waals surface area contributed by atoms with Crippen LogP contribution in [0.15, 0.2) is 42.5 Å². The van der Waals surface area contributed by atoms with E-state index in [1.807, 2.05) is 36.4 Å². The highest BCUT2D eigenvalue weighted by atomic mass is 35.5. The van der Waals surface area contributed by atoms with Gasteiger partial charge in [0.1, 0.15) is 0 Å². The summed E-state index contributed by atoms with van der Waals surface area (Å²) in [4.78, 5) is 0. The molecule has 2 aromatic rings. The average molecular weight is 311 g/mol. The Labute approximate surface area is 129 Å². The van der Waals surface area contributed by atoms with Crippen molar-refractivity contribution in [1.82, 2.24) is 5.32 Å². The molecule has 0 amide bonds. The van der Waals surface area contributed by atoms with E-state index in [9.17, 15) is 0 Å². The lowest BCUT2D eigenvalue weighted by molar-refractivity contribution is -0.00000530. The van der Waals surface area contributed by atoms with Crippen molar-refractivity contribution in [3.8, 4) is 11.5 Å². The third kappa shape index (κ3) is 3.57. The zero-order valence-corrected chi connectivity index (χ0v) is 12.2. The zero-order valence-electron chi connectivity index (χ0n) is 10.7. The first-order valence-corrected chi connectivity index (χ1v) is 6.53. The number of fused-ring (bicyclic) bond motifs is 1. The lowest BCUT2D eigenvalue weighted by atomic mass is 10.2. The lowest BCUT2D eigenvalue weighted by Crippen LogP contribution is -3.00. The molecular weight excluding hydrogens is 297 g/mol. The minimum atomic E-state index is 0. The van der Waals surface area contributed by atoms with Gasteiger partial charge in [0, 0.05) is 18.1 Å². The summed E-state index contributed by atoms with van der Waals surface area (Å²) < 4.78 is 10.6. The van der Waals surface area contributed by atoms with E-state index in [4.69, 9.17) is 21.1 Å². The van der Waals surface area contributed by atoms with Crippen LogP contribution in [0.3, 0.4) is 0 Å². The Bertz CT molecular complexity index is 590. The van der Waals surface area contributed by atoms with Gasteiger partial charge in [0.15, 0.2) is 11.5 Å². The second kappa shape index (κ2) is 6.84. The lowest BCUT2D eigenvalue weighted by Gasteiger charge is -2.06. The molecule has 3 nitrogen and oxygen atoms in total. The molecule has 1 heterocycles. The number of benzene rings is 2. The molecule has 1 N–H and O–H groups in total. The van der Waals surface area contributed by atoms with Crippen LogP contribution in [-0.2, 0) is 13.1 Å². The number of hydrogen-bond acceptors (Lipinski definition) is 3. The summed E-state index contributed by atoms with van der Waals surface area (Å²) in [7, 11) is 0. The monoisotopic (exact) mass is 310 g/mol. The topological polar surface area (TPSA) is 30.5 Å². The van der Waals surface area contributed by atoms with Crippen LogP contribution in [0.5, 0.6) is 11.5 Å². The molecule has 1 aliphatic heterocycles. The van der Waals surface area contributed by atoms with Crippen molar-refractivity contribution < 1.29 is 21.9 Å². The van der Waals surface area contributed by atoms with Crippen molar-refractivity contribution in [2.45, 2.75) is 13.1 Å². The number of hydrogen-bond donors (Lipinski definition) is 1. The van der Waals surface area contributed by atoms with E-state index in [1.165, 1.54) is 11.1 Å². The standard InChI is InChI=1S/C15H14ClNO2.ClH/c16-13-3-1-2-11(6-13)8-17-9-12-4-5-14-15(7-12)19-10-18-14;/h1-7,17H,8-10H2;1H/p-1. The Morgan fingerprint density at radius 3 is 2.50 bits per heavy atom. The molecule has 0 atom stereocenters. The van der Waals surface area contributed by atoms with Gasteiger partial charge in [-0.05, 0) is 35.4 Å². The predicted octanol–water partition coefficient (Wildman–Crippen LogP) is 0.362. The van der Waals surface area contributed by atoms with Gasteiger partial charge in [-0.1, -0.05) is 29.8 Å². The number of nitrogens with one attached hydrogen (secondary N) is 1. The molecule has 5 heteroatoms. The Kier molecular flexibility index (Phi) is 5.12. The van der Waals surface area contributed by atoms with Gasteiger partial charge in [0.25, 0.3) is 0 Å². The van der Waals surface area contributed by atoms with Gasteiger partial charge < -0.3 is 27.2 Å². The van der Waals surface area contributed by atoms with Gasteiger partial charge in [-0.15, -0.1) is 0 Å². The molecule has 3 rings (SSSR count). The van der Waals surface area contributed by atoms with E-state index in [2.05, 4.69) is 11.4 Å². The Morgan fingerprint density at radius 1 is 0.950 bits per heavy atom. The fourth-order valence-electron chi connectivity index (χ4n) is 2.05. The fourth-order valence-corrected chi connectivity index (χ4v) is 2.26. The molecule has 0 spiro atoms. The van der Waals surface area contributed by atoms with Gasteiger partial charge in [-0.2, -0.15) is 0 Å². The van der Waals surface area contributed by atoms with Gasteiger partial charge in [0.05, 0.1) is 0 Å². The highest BCUT2D eigenvalue weighted by Gasteiger charge is 2.12. The van der Waals surface area contributed by atoms with E-state index in [1.54, 1.807) is 0 Å². The molecule has 0 aliphatic carbocycles. The normalized spacial score (nSPS) is 12.1. The van der Waals surface area contributed by atoms with Crippen molar-refractivity contribution in [1.29, 1.82) is 0 Å². The van der Waals surface area contributed by atoms with E-state index < -0.39 is 0 Å². The van der Waals surface area contributed by atoms with Crippen LogP contribution >= 0.6 is 11.6 Å². The van der Waals surface area contributed by atoms with Gasteiger partial charge in [-0.25, -0.2) is 0 Å². The molecule has 0 unspecified atom stereocenters. The fraction of sp³-hybridized carbons (Fsp3) is 0.200. The Morgan fingerprint density at radius 2 is 1.70 bits per heavy atom. The summed E-state index contributed by atoms with van der Waals surface area (Å²) in [5, 5.41) is 4.15. The van der Waals surface area contributed by atoms with Crippen LogP contribution in [0.1, 0.15) is 11.1 Å². The second-order valence-electron chi connectivity index (χ2n) is 4.42. The minimum absolute atomic E-state index is 0. The summed E-state index contributed by atoms with van der Waals surface area (Å²) in [5.41, 5.74) is 2.35. The third-order valence-corrected chi connectivity index (χ3v) is 3.22. The van der Waals surface area contributed by atoms with Crippen molar-refractivity contribution in [2.75, 3.05) is 6.79 Å². The third-order valence-electron chi connectivity index (χ3n) is 2.98. The van der Waals surface area contributed by atoms with Crippen molar-refractivity contribution in [2.24, 2.45) is 0 Å². The van der Waals surface area contributed by atoms with Gasteiger partial charge >= 0.3 is 0 Å². The smallest absolute Gasteiger partial charge is 0.231 e. The number of rotatable bonds is 4. The van der Waals surface area contributed by atoms with Crippen molar-refractivity contribution >= 4 is 11.6 Å². The summed E-state index contributed by atoms with van der Waals surface area (Å²) >= 11 is 5.95. The van der Waals surface area contributed by atoms with E-state index in [-0.39, 0.29) is 12.4 Å². The largest absolute Gasteiger partial charge is 1.00 e. The summed E-state index contributed by atoms with van der Waals surface area (Å²) in [6.45, 7) is 1.88. The zero-order chi connectivity index (χ0) is 13.1. The van der Waals surface area contributed by atoms with E-state index in [0.29, 0.717) is 6.79 Å². The number of halogens is 2. The Balaban J connectivity index is 0.00000147. The molecule has 0 fully saturated rings. The van der Waals surface area contributed by atoms with Crippen LogP contribution in [-0.4, -0.2) is 6.79 Å². The maximum atomic E-state index is 5.95. The molecule has 0 aromatic heterocycles. The molecule has 106 valence electrons. The first-order chi connectivity index (χ1) is 9.31. The first kappa shape index (κ1) is 15.0. The average Bonchev–Trinajstić information content (AvgIpc) is 2.86. The summed E-state index contributed by atoms with van der Waals surface area (Å²) in [6.07, 6.45) is 0. The summed E-state index contributed by atoms with van der Waals surface area (Å²) in [5.74, 6) is 1.64. The minimum Gasteiger partial charge on any atom is -1.00 e. The molecule has 0 saturated carbocycles. The molecule has 0 bridgehead atoms. The molecular formula is C15H14Cl2NO2-. The van der Waals surface area contributed by atoms with Gasteiger partial charge in [-0.3, -0.25) is 0 Å². The van der Waals surface area contributed by atoms with Crippen LogP contribution in [0.2, 0.25) is 5.02 Å². The molecule has 20 heavy (non-hydrogen) atoms. The van der Waals surface area contributed by atoms with E-state index in [0.717, 1.165) is 29.6 Å². The molecule has 1 aliphatic rings. The number of ether oxygens (including phenoxy) is 2. The molecule has 0 saturated heterocycles. The Hall–Kier alpha value is -1.42. The van der Waals surface area contributed by atoms with Crippen LogP contribution in [0.4, 0.5) is 0 Å². The highest BCUT2D eigenvalue weighted by molar-refractivity contribution is 6.30. The molecule has 0 radical (unpaired) electrons. The second-order valence-corrected chi connectivity index (χ2v) is 4.86. The SMILES string of the molecule is Clc1cccc(CNCc2ccc3c(c2)OCO3)c1.[Cl-]. The van der Waals surface area contributed by atoms with Crippen LogP contribution in [0.25, 0.3) is 0 Å². The van der Waals surface area contributed by atoms with Crippen LogP contribution in [0, 0.1) is 0 Å². The molecule has 2 aromatic carbocycles. The maximum absolute atomic E-state index is 5.95. The maximum Gasteiger partial charge on any atom is 0.231 e. The predicted molar refractivity (Wildman–Crippen MR) is 74.6 cm³/mol. The summed E-state index contributed by atoms with van der Waals surface area (Å²) in [6, 6.07) is 13.8. The van der Waals surface area contributed by atoms with Crippen molar-refractivity contribution in [3.63, 3.8) is 0 Å². The van der Waals surface area contributed by atoms with Crippen molar-refractivity contribution in [3.05, 3.63) is 58.6 Å². The van der Waals surface area contributed by atoms with Gasteiger partial charge in [0.2, 0.25) is 6.79 Å². The van der Waals surface area contributed by atoms with Crippen LogP contribution < -0.4 is 27.2 Å².